The number of benzene rings is 4. The van der Waals surface area contributed by atoms with Gasteiger partial charge in [-0.25, -0.2) is 8.78 Å². The van der Waals surface area contributed by atoms with Crippen molar-refractivity contribution < 1.29 is 68.7 Å². The molecule has 2 aliphatic carbocycles. The Kier molecular flexibility index (Phi) is 19.1. The molecule has 0 aromatic heterocycles. The summed E-state index contributed by atoms with van der Waals surface area (Å²) in [6.45, 7) is 1.79. The van der Waals surface area contributed by atoms with Crippen molar-refractivity contribution in [2.75, 3.05) is 22.9 Å². The molecule has 5 N–H and O–H groups in total. The summed E-state index contributed by atoms with van der Waals surface area (Å²) in [5.41, 5.74) is 1.03. The lowest BCUT2D eigenvalue weighted by molar-refractivity contribution is -0.192. The second-order valence-electron chi connectivity index (χ2n) is 17.6. The first-order valence-electron chi connectivity index (χ1n) is 22.3. The number of hydrogen-bond acceptors (Lipinski definition) is 11. The van der Waals surface area contributed by atoms with Gasteiger partial charge in [-0.2, -0.15) is 46.5 Å². The number of nitrogens with one attached hydrogen (secondary N) is 3. The SMILES string of the molecule is CC(=N)N.CC(=N)NC(=O)C1CC2(C1)C(=O)N(c1ccc(C#N)cc1F)CC(=O)N2Cc1ccc(C(F)(F)F)cc1.Cl.N#Cc1ccc(N2CC(=O)N(Cc3ccc(C(F)(F)F)cc3)C3(CCC3)C2=O)c(F)c1.O=C=O. The zero-order chi connectivity index (χ0) is 55.8. The lowest BCUT2D eigenvalue weighted by Gasteiger charge is -2.56. The third-order valence-electron chi connectivity index (χ3n) is 12.5. The van der Waals surface area contributed by atoms with Crippen LogP contribution in [0.5, 0.6) is 0 Å². The number of piperazine rings is 2. The van der Waals surface area contributed by atoms with Crippen molar-refractivity contribution in [1.82, 2.24) is 15.1 Å². The molecule has 2 heterocycles. The maximum Gasteiger partial charge on any atom is 0.416 e. The highest BCUT2D eigenvalue weighted by Crippen LogP contribution is 2.48. The maximum absolute atomic E-state index is 14.8. The fourth-order valence-corrected chi connectivity index (χ4v) is 8.84. The minimum absolute atomic E-state index is 0. The van der Waals surface area contributed by atoms with Crippen LogP contribution in [-0.4, -0.2) is 81.3 Å². The molecule has 0 unspecified atom stereocenters. The van der Waals surface area contributed by atoms with E-state index in [0.717, 1.165) is 46.2 Å². The van der Waals surface area contributed by atoms with E-state index in [1.165, 1.54) is 72.2 Å². The summed E-state index contributed by atoms with van der Waals surface area (Å²) in [4.78, 5) is 86.7. The molecule has 76 heavy (non-hydrogen) atoms. The van der Waals surface area contributed by atoms with E-state index >= 15 is 0 Å². The van der Waals surface area contributed by atoms with Crippen LogP contribution in [0.15, 0.2) is 84.9 Å². The molecule has 2 aliphatic heterocycles. The van der Waals surface area contributed by atoms with Gasteiger partial charge in [0.2, 0.25) is 17.7 Å². The number of nitrogens with zero attached hydrogens (tertiary/aromatic N) is 6. The predicted molar refractivity (Wildman–Crippen MR) is 254 cm³/mol. The molecule has 17 nitrogen and oxygen atoms in total. The highest BCUT2D eigenvalue weighted by molar-refractivity contribution is 6.11. The van der Waals surface area contributed by atoms with Crippen LogP contribution < -0.4 is 20.9 Å². The van der Waals surface area contributed by atoms with E-state index in [-0.39, 0.29) is 85.2 Å². The number of anilines is 2. The molecule has 26 heteroatoms. The van der Waals surface area contributed by atoms with Crippen molar-refractivity contribution in [3.05, 3.63) is 130 Å². The van der Waals surface area contributed by atoms with E-state index in [9.17, 15) is 59.1 Å². The number of amides is 5. The van der Waals surface area contributed by atoms with Crippen LogP contribution in [0.2, 0.25) is 0 Å². The molecule has 0 radical (unpaired) electrons. The van der Waals surface area contributed by atoms with Crippen LogP contribution in [0, 0.1) is 51.0 Å². The summed E-state index contributed by atoms with van der Waals surface area (Å²) in [5, 5.41) is 34.0. The highest BCUT2D eigenvalue weighted by Gasteiger charge is 2.62. The average molecular weight is 1090 g/mol. The Morgan fingerprint density at radius 3 is 1.34 bits per heavy atom. The van der Waals surface area contributed by atoms with Gasteiger partial charge in [0.1, 0.15) is 35.8 Å². The molecule has 4 aromatic carbocycles. The summed E-state index contributed by atoms with van der Waals surface area (Å²) in [7, 11) is 0. The zero-order valence-electron chi connectivity index (χ0n) is 40.1. The van der Waals surface area contributed by atoms with E-state index in [2.05, 4.69) is 5.32 Å². The van der Waals surface area contributed by atoms with Crippen molar-refractivity contribution in [3.63, 3.8) is 0 Å². The van der Waals surface area contributed by atoms with Crippen LogP contribution in [-0.2, 0) is 59.0 Å². The predicted octanol–water partition coefficient (Wildman–Crippen LogP) is 7.15. The third kappa shape index (κ3) is 13.2. The number of amidine groups is 2. The quantitative estimate of drug-likeness (QED) is 0.0825. The first-order valence-corrected chi connectivity index (χ1v) is 22.3. The summed E-state index contributed by atoms with van der Waals surface area (Å²) in [5.74, 6) is -4.85. The molecule has 400 valence electrons. The third-order valence-corrected chi connectivity index (χ3v) is 12.5. The number of halogens is 9. The fourth-order valence-electron chi connectivity index (χ4n) is 8.84. The molecule has 4 aromatic rings. The molecule has 2 saturated heterocycles. The van der Waals surface area contributed by atoms with Crippen LogP contribution in [0.25, 0.3) is 0 Å². The van der Waals surface area contributed by atoms with Crippen molar-refractivity contribution in [1.29, 1.82) is 21.3 Å². The number of nitriles is 2. The van der Waals surface area contributed by atoms with Gasteiger partial charge in [0.15, 0.2) is 0 Å². The van der Waals surface area contributed by atoms with E-state index in [4.69, 9.17) is 36.7 Å². The Morgan fingerprint density at radius 2 is 1.04 bits per heavy atom. The topological polar surface area (TPSA) is 266 Å². The number of alkyl halides is 6. The van der Waals surface area contributed by atoms with Gasteiger partial charge in [-0.3, -0.25) is 44.6 Å². The smallest absolute Gasteiger partial charge is 0.388 e. The molecular formula is C50H45ClF8N10O7. The molecular weight excluding hydrogens is 1040 g/mol. The second-order valence-corrected chi connectivity index (χ2v) is 17.6. The Hall–Kier alpha value is -8.54. The van der Waals surface area contributed by atoms with E-state index in [1.807, 2.05) is 6.07 Å². The van der Waals surface area contributed by atoms with E-state index in [0.29, 0.717) is 30.4 Å². The highest BCUT2D eigenvalue weighted by atomic mass is 35.5. The molecule has 2 saturated carbocycles. The van der Waals surface area contributed by atoms with Crippen molar-refractivity contribution in [2.45, 2.75) is 82.5 Å². The van der Waals surface area contributed by atoms with Gasteiger partial charge in [-0.15, -0.1) is 12.4 Å². The summed E-state index contributed by atoms with van der Waals surface area (Å²) >= 11 is 0. The Balaban J connectivity index is 0.000000292. The molecule has 0 bridgehead atoms. The van der Waals surface area contributed by atoms with Crippen LogP contribution in [0.1, 0.15) is 79.3 Å². The maximum atomic E-state index is 14.8. The number of nitrogens with two attached hydrogens (primary N) is 1. The Labute approximate surface area is 434 Å². The number of rotatable bonds is 7. The average Bonchev–Trinajstić information content (AvgIpc) is 3.30. The first kappa shape index (κ1) is 60.0. The minimum Gasteiger partial charge on any atom is -0.388 e. The van der Waals surface area contributed by atoms with Crippen molar-refractivity contribution >= 4 is 71.1 Å². The Morgan fingerprint density at radius 1 is 0.684 bits per heavy atom. The monoisotopic (exact) mass is 1080 g/mol. The fraction of sp³-hybridized carbons (Fsp3) is 0.320. The van der Waals surface area contributed by atoms with Crippen LogP contribution in [0.3, 0.4) is 0 Å². The molecule has 4 fully saturated rings. The van der Waals surface area contributed by atoms with Crippen LogP contribution in [0.4, 0.5) is 46.5 Å². The van der Waals surface area contributed by atoms with Gasteiger partial charge in [0, 0.05) is 19.0 Å². The van der Waals surface area contributed by atoms with Crippen LogP contribution >= 0.6 is 12.4 Å². The van der Waals surface area contributed by atoms with Crippen molar-refractivity contribution in [2.24, 2.45) is 11.7 Å². The number of carbonyl (C=O) groups excluding carboxylic acids is 7. The zero-order valence-corrected chi connectivity index (χ0v) is 40.9. The lowest BCUT2D eigenvalue weighted by atomic mass is 9.64. The number of carbonyl (C=O) groups is 5. The second kappa shape index (κ2) is 24.2. The first-order chi connectivity index (χ1) is 35.2. The molecule has 0 atom stereocenters. The van der Waals surface area contributed by atoms with Gasteiger partial charge in [-0.05, 0) is 118 Å². The molecule has 8 rings (SSSR count). The summed E-state index contributed by atoms with van der Waals surface area (Å²) < 4.78 is 107. The van der Waals surface area contributed by atoms with Crippen molar-refractivity contribution in [3.8, 4) is 12.1 Å². The number of hydrogen-bond donors (Lipinski definition) is 4. The van der Waals surface area contributed by atoms with Gasteiger partial charge < -0.3 is 20.9 Å². The van der Waals surface area contributed by atoms with E-state index in [1.54, 1.807) is 6.07 Å². The molecule has 2 spiro atoms. The molecule has 4 aliphatic rings. The standard InChI is InChI=1S/C25H21F4N5O3.C22H17F4N3O2.C2H6N2.CO2.ClH/c1-14(31)32-22(36)17-9-24(10-17)23(37)33(20-7-4-16(11-30)8-19(20)26)13-21(35)34(24)12-15-2-5-18(6-3-15)25(27,28)29;23-17-10-15(11-27)4-7-18(17)28-13-19(30)29(21(20(28)31)8-1-9-21)12-14-2-5-16(6-3-14)22(24,25)26;1-2(3)4;2-1-3;/h2-8,17H,9-10,12-13H2,1H3,(H2,31,32,36);2-7,10H,1,8-9,12-13H2;1H3,(H3,3,4);;1H. The summed E-state index contributed by atoms with van der Waals surface area (Å²) in [6.07, 6.45) is -7.47. The van der Waals surface area contributed by atoms with Gasteiger partial charge >= 0.3 is 18.5 Å². The van der Waals surface area contributed by atoms with E-state index < -0.39 is 88.2 Å². The summed E-state index contributed by atoms with van der Waals surface area (Å²) in [6, 6.07) is 19.4. The lowest BCUT2D eigenvalue weighted by Crippen LogP contribution is -2.73. The van der Waals surface area contributed by atoms with Gasteiger partial charge in [0.05, 0.1) is 57.4 Å². The van der Waals surface area contributed by atoms with Gasteiger partial charge in [-0.1, -0.05) is 24.3 Å². The molecule has 5 amide bonds. The minimum atomic E-state index is -4.54. The largest absolute Gasteiger partial charge is 0.416 e. The van der Waals surface area contributed by atoms with Gasteiger partial charge in [0.25, 0.3) is 11.8 Å². The Bertz CT molecular complexity index is 3010. The normalized spacial score (nSPS) is 18.3.